The molecule has 8 heteroatoms. The number of nitro benzene ring substituents is 1. The Labute approximate surface area is 143 Å². The average Bonchev–Trinajstić information content (AvgIpc) is 3.12. The summed E-state index contributed by atoms with van der Waals surface area (Å²) in [6, 6.07) is 13.4. The second kappa shape index (κ2) is 7.00. The second-order valence-electron chi connectivity index (χ2n) is 5.16. The summed E-state index contributed by atoms with van der Waals surface area (Å²) in [6.07, 6.45) is -0.610. The predicted molar refractivity (Wildman–Crippen MR) is 88.4 cm³/mol. The van der Waals surface area contributed by atoms with E-state index >= 15 is 0 Å². The number of aromatic nitrogens is 2. The van der Waals surface area contributed by atoms with E-state index in [-0.39, 0.29) is 17.3 Å². The minimum absolute atomic E-state index is 0.0986. The molecule has 3 aromatic rings. The van der Waals surface area contributed by atoms with Gasteiger partial charge in [0, 0.05) is 11.6 Å². The third-order valence-corrected chi connectivity index (χ3v) is 3.47. The summed E-state index contributed by atoms with van der Waals surface area (Å²) < 4.78 is 16.5. The van der Waals surface area contributed by atoms with E-state index in [0.717, 1.165) is 5.56 Å². The Balaban J connectivity index is 1.83. The number of nitrogens with zero attached hydrogens (tertiary/aromatic N) is 3. The van der Waals surface area contributed by atoms with Crippen LogP contribution in [0.1, 0.15) is 18.9 Å². The van der Waals surface area contributed by atoms with E-state index in [0.29, 0.717) is 11.6 Å². The Bertz CT molecular complexity index is 879. The number of nitro groups is 1. The zero-order valence-corrected chi connectivity index (χ0v) is 13.6. The highest BCUT2D eigenvalue weighted by atomic mass is 16.6. The topological polar surface area (TPSA) is 101 Å². The second-order valence-corrected chi connectivity index (χ2v) is 5.16. The van der Waals surface area contributed by atoms with Crippen LogP contribution in [0.5, 0.6) is 11.5 Å². The van der Waals surface area contributed by atoms with Gasteiger partial charge in [-0.25, -0.2) is 0 Å². The number of hydrogen-bond acceptors (Lipinski definition) is 7. The molecule has 0 aliphatic rings. The van der Waals surface area contributed by atoms with E-state index in [1.54, 1.807) is 6.92 Å². The normalized spacial score (nSPS) is 11.8. The number of benzene rings is 2. The SMILES string of the molecule is COc1ccc([N+](=O)[O-])cc1OC(C)c1nnc(-c2ccccc2)o1. The van der Waals surface area contributed by atoms with E-state index < -0.39 is 11.0 Å². The zero-order chi connectivity index (χ0) is 17.8. The first-order chi connectivity index (χ1) is 12.1. The van der Waals surface area contributed by atoms with Crippen molar-refractivity contribution in [1.29, 1.82) is 0 Å². The van der Waals surface area contributed by atoms with Crippen molar-refractivity contribution in [2.24, 2.45) is 0 Å². The lowest BCUT2D eigenvalue weighted by atomic mass is 10.2. The first-order valence-corrected chi connectivity index (χ1v) is 7.46. The van der Waals surface area contributed by atoms with Crippen LogP contribution in [0.25, 0.3) is 11.5 Å². The molecule has 2 aromatic carbocycles. The van der Waals surface area contributed by atoms with Gasteiger partial charge in [0.05, 0.1) is 18.1 Å². The largest absolute Gasteiger partial charge is 0.493 e. The van der Waals surface area contributed by atoms with Crippen LogP contribution in [0.15, 0.2) is 52.9 Å². The van der Waals surface area contributed by atoms with Crippen LogP contribution in [0.3, 0.4) is 0 Å². The van der Waals surface area contributed by atoms with Crippen LogP contribution in [0.2, 0.25) is 0 Å². The number of rotatable bonds is 6. The number of ether oxygens (including phenoxy) is 2. The molecule has 1 aromatic heterocycles. The smallest absolute Gasteiger partial charge is 0.273 e. The Hall–Kier alpha value is -3.42. The van der Waals surface area contributed by atoms with Gasteiger partial charge in [0.1, 0.15) is 0 Å². The summed E-state index contributed by atoms with van der Waals surface area (Å²) in [7, 11) is 1.46. The number of methoxy groups -OCH3 is 1. The average molecular weight is 341 g/mol. The van der Waals surface area contributed by atoms with Crippen LogP contribution < -0.4 is 9.47 Å². The fourth-order valence-electron chi connectivity index (χ4n) is 2.21. The molecule has 0 amide bonds. The fraction of sp³-hybridized carbons (Fsp3) is 0.176. The van der Waals surface area contributed by atoms with E-state index in [9.17, 15) is 10.1 Å². The van der Waals surface area contributed by atoms with Crippen molar-refractivity contribution in [3.63, 3.8) is 0 Å². The van der Waals surface area contributed by atoms with Crippen molar-refractivity contribution < 1.29 is 18.8 Å². The molecule has 0 aliphatic carbocycles. The highest BCUT2D eigenvalue weighted by Gasteiger charge is 2.20. The predicted octanol–water partition coefficient (Wildman–Crippen LogP) is 3.79. The summed E-state index contributed by atoms with van der Waals surface area (Å²) in [6.45, 7) is 1.71. The maximum Gasteiger partial charge on any atom is 0.273 e. The van der Waals surface area contributed by atoms with Crippen molar-refractivity contribution in [2.75, 3.05) is 7.11 Å². The molecule has 25 heavy (non-hydrogen) atoms. The van der Waals surface area contributed by atoms with Crippen molar-refractivity contribution in [2.45, 2.75) is 13.0 Å². The summed E-state index contributed by atoms with van der Waals surface area (Å²) in [5.74, 6) is 1.23. The first-order valence-electron chi connectivity index (χ1n) is 7.46. The third-order valence-electron chi connectivity index (χ3n) is 3.47. The van der Waals surface area contributed by atoms with Gasteiger partial charge < -0.3 is 13.9 Å². The van der Waals surface area contributed by atoms with Gasteiger partial charge >= 0.3 is 0 Å². The molecule has 1 unspecified atom stereocenters. The van der Waals surface area contributed by atoms with Crippen LogP contribution >= 0.6 is 0 Å². The summed E-state index contributed by atoms with van der Waals surface area (Å²) >= 11 is 0. The van der Waals surface area contributed by atoms with E-state index in [4.69, 9.17) is 13.9 Å². The Morgan fingerprint density at radius 1 is 1.12 bits per heavy atom. The van der Waals surface area contributed by atoms with Crippen molar-refractivity contribution in [3.05, 3.63) is 64.5 Å². The lowest BCUT2D eigenvalue weighted by Crippen LogP contribution is -2.05. The van der Waals surface area contributed by atoms with Crippen LogP contribution in [-0.4, -0.2) is 22.2 Å². The minimum Gasteiger partial charge on any atom is -0.493 e. The van der Waals surface area contributed by atoms with E-state index in [1.807, 2.05) is 30.3 Å². The molecule has 8 nitrogen and oxygen atoms in total. The van der Waals surface area contributed by atoms with Gasteiger partial charge in [-0.15, -0.1) is 10.2 Å². The molecule has 3 rings (SSSR count). The van der Waals surface area contributed by atoms with Crippen molar-refractivity contribution >= 4 is 5.69 Å². The molecular formula is C17H15N3O5. The molecule has 0 saturated carbocycles. The molecule has 128 valence electrons. The number of hydrogen-bond donors (Lipinski definition) is 0. The van der Waals surface area contributed by atoms with Crippen molar-refractivity contribution in [1.82, 2.24) is 10.2 Å². The van der Waals surface area contributed by atoms with Gasteiger partial charge in [-0.3, -0.25) is 10.1 Å². The van der Waals surface area contributed by atoms with Gasteiger partial charge in [0.15, 0.2) is 17.6 Å². The molecule has 0 saturated heterocycles. The van der Waals surface area contributed by atoms with Crippen LogP contribution in [0.4, 0.5) is 5.69 Å². The maximum absolute atomic E-state index is 10.9. The molecule has 0 aliphatic heterocycles. The Morgan fingerprint density at radius 3 is 2.56 bits per heavy atom. The molecule has 0 N–H and O–H groups in total. The maximum atomic E-state index is 10.9. The molecule has 0 fully saturated rings. The molecular weight excluding hydrogens is 326 g/mol. The first kappa shape index (κ1) is 16.4. The van der Waals surface area contributed by atoms with Gasteiger partial charge in [-0.05, 0) is 25.1 Å². The lowest BCUT2D eigenvalue weighted by Gasteiger charge is -2.13. The zero-order valence-electron chi connectivity index (χ0n) is 13.6. The molecule has 1 heterocycles. The van der Waals surface area contributed by atoms with Gasteiger partial charge in [-0.2, -0.15) is 0 Å². The molecule has 0 bridgehead atoms. The van der Waals surface area contributed by atoms with Gasteiger partial charge in [0.2, 0.25) is 5.89 Å². The third kappa shape index (κ3) is 3.57. The quantitative estimate of drug-likeness (QED) is 0.496. The van der Waals surface area contributed by atoms with E-state index in [1.165, 1.54) is 25.3 Å². The lowest BCUT2D eigenvalue weighted by molar-refractivity contribution is -0.385. The highest BCUT2D eigenvalue weighted by molar-refractivity contribution is 5.52. The Morgan fingerprint density at radius 2 is 1.88 bits per heavy atom. The van der Waals surface area contributed by atoms with Crippen LogP contribution in [-0.2, 0) is 0 Å². The highest BCUT2D eigenvalue weighted by Crippen LogP contribution is 2.34. The molecule has 0 radical (unpaired) electrons. The minimum atomic E-state index is -0.610. The summed E-state index contributed by atoms with van der Waals surface area (Å²) in [5, 5.41) is 18.9. The van der Waals surface area contributed by atoms with Crippen LogP contribution in [0, 0.1) is 10.1 Å². The molecule has 1 atom stereocenters. The monoisotopic (exact) mass is 341 g/mol. The van der Waals surface area contributed by atoms with Gasteiger partial charge in [-0.1, -0.05) is 18.2 Å². The van der Waals surface area contributed by atoms with Gasteiger partial charge in [0.25, 0.3) is 11.6 Å². The Kier molecular flexibility index (Phi) is 4.60. The standard InChI is InChI=1S/C17H15N3O5/c1-11(16-18-19-17(25-16)12-6-4-3-5-7-12)24-15-10-13(20(21)22)8-9-14(15)23-2/h3-11H,1-2H3. The summed E-state index contributed by atoms with van der Waals surface area (Å²) in [4.78, 5) is 10.4. The number of non-ortho nitro benzene ring substituents is 1. The fourth-order valence-corrected chi connectivity index (χ4v) is 2.21. The van der Waals surface area contributed by atoms with Crippen molar-refractivity contribution in [3.8, 4) is 23.0 Å². The van der Waals surface area contributed by atoms with E-state index in [2.05, 4.69) is 10.2 Å². The summed E-state index contributed by atoms with van der Waals surface area (Å²) in [5.41, 5.74) is 0.694. The molecule has 0 spiro atoms.